The normalized spacial score (nSPS) is 11.8. The number of esters is 1. The van der Waals surface area contributed by atoms with Crippen LogP contribution in [0, 0.1) is 13.8 Å². The number of amides is 1. The Morgan fingerprint density at radius 3 is 2.41 bits per heavy atom. The van der Waals surface area contributed by atoms with Crippen molar-refractivity contribution in [2.24, 2.45) is 0 Å². The third kappa shape index (κ3) is 4.14. The van der Waals surface area contributed by atoms with E-state index in [9.17, 15) is 9.59 Å². The van der Waals surface area contributed by atoms with Gasteiger partial charge in [-0.3, -0.25) is 4.79 Å². The molecule has 1 amide bonds. The van der Waals surface area contributed by atoms with Crippen LogP contribution < -0.4 is 5.32 Å². The molecule has 1 atom stereocenters. The molecule has 1 aromatic heterocycles. The zero-order valence-corrected chi connectivity index (χ0v) is 15.7. The lowest BCUT2D eigenvalue weighted by Crippen LogP contribution is -2.43. The van der Waals surface area contributed by atoms with Crippen molar-refractivity contribution in [3.8, 4) is 0 Å². The molecule has 2 aromatic carbocycles. The minimum Gasteiger partial charge on any atom is -0.467 e. The number of hydrogen-bond acceptors (Lipinski definition) is 4. The zero-order chi connectivity index (χ0) is 19.4. The summed E-state index contributed by atoms with van der Waals surface area (Å²) in [5.41, 5.74) is 4.17. The number of para-hydroxylation sites is 1. The molecule has 0 spiro atoms. The first-order valence-electron chi connectivity index (χ1n) is 8.79. The monoisotopic (exact) mass is 362 g/mol. The van der Waals surface area contributed by atoms with Gasteiger partial charge in [0.15, 0.2) is 0 Å². The Bertz CT molecular complexity index is 978. The highest BCUT2D eigenvalue weighted by molar-refractivity contribution is 5.97. The molecule has 0 aliphatic rings. The van der Waals surface area contributed by atoms with Gasteiger partial charge >= 0.3 is 5.97 Å². The smallest absolute Gasteiger partial charge is 0.328 e. The van der Waals surface area contributed by atoms with Crippen LogP contribution in [0.3, 0.4) is 0 Å². The summed E-state index contributed by atoms with van der Waals surface area (Å²) in [6.45, 7) is 3.98. The molecule has 0 aliphatic heterocycles. The van der Waals surface area contributed by atoms with Crippen LogP contribution in [0.15, 0.2) is 54.6 Å². The van der Waals surface area contributed by atoms with Crippen molar-refractivity contribution in [1.82, 2.24) is 10.3 Å². The number of carbonyl (C=O) groups is 2. The van der Waals surface area contributed by atoms with Crippen molar-refractivity contribution < 1.29 is 14.3 Å². The number of carbonyl (C=O) groups excluding carboxylic acids is 2. The topological polar surface area (TPSA) is 68.3 Å². The second kappa shape index (κ2) is 7.99. The van der Waals surface area contributed by atoms with Crippen molar-refractivity contribution in [2.45, 2.75) is 26.3 Å². The quantitative estimate of drug-likeness (QED) is 0.707. The summed E-state index contributed by atoms with van der Waals surface area (Å²) in [6.07, 6.45) is 0.366. The van der Waals surface area contributed by atoms with E-state index >= 15 is 0 Å². The SMILES string of the molecule is COC(=O)[C@H](Cc1c(C)cccc1C)NC(=O)c1ccc2ccccc2n1. The Morgan fingerprint density at radius 1 is 1.00 bits per heavy atom. The van der Waals surface area contributed by atoms with E-state index in [-0.39, 0.29) is 5.69 Å². The first-order chi connectivity index (χ1) is 13.0. The number of nitrogens with one attached hydrogen (secondary N) is 1. The standard InChI is InChI=1S/C22H22N2O3/c1-14-7-6-8-15(2)17(14)13-20(22(26)27-3)24-21(25)19-12-11-16-9-4-5-10-18(16)23-19/h4-12,20H,13H2,1-3H3,(H,24,25)/t20-/m0/s1. The van der Waals surface area contributed by atoms with Gasteiger partial charge in [0.2, 0.25) is 0 Å². The van der Waals surface area contributed by atoms with Crippen LogP contribution in [0.25, 0.3) is 10.9 Å². The van der Waals surface area contributed by atoms with Gasteiger partial charge in [0.25, 0.3) is 5.91 Å². The Kier molecular flexibility index (Phi) is 5.50. The van der Waals surface area contributed by atoms with Gasteiger partial charge in [-0.2, -0.15) is 0 Å². The lowest BCUT2D eigenvalue weighted by Gasteiger charge is -2.19. The largest absolute Gasteiger partial charge is 0.467 e. The van der Waals surface area contributed by atoms with E-state index in [1.165, 1.54) is 7.11 Å². The predicted molar refractivity (Wildman–Crippen MR) is 105 cm³/mol. The number of fused-ring (bicyclic) bond motifs is 1. The lowest BCUT2D eigenvalue weighted by atomic mass is 9.96. The van der Waals surface area contributed by atoms with E-state index in [0.29, 0.717) is 6.42 Å². The second-order valence-electron chi connectivity index (χ2n) is 6.51. The third-order valence-corrected chi connectivity index (χ3v) is 4.67. The highest BCUT2D eigenvalue weighted by atomic mass is 16.5. The molecule has 5 heteroatoms. The number of methoxy groups -OCH3 is 1. The molecule has 3 aromatic rings. The molecule has 0 fully saturated rings. The molecular formula is C22H22N2O3. The number of benzene rings is 2. The number of pyridine rings is 1. The maximum atomic E-state index is 12.7. The molecule has 138 valence electrons. The second-order valence-corrected chi connectivity index (χ2v) is 6.51. The van der Waals surface area contributed by atoms with Gasteiger partial charge in [0.1, 0.15) is 11.7 Å². The zero-order valence-electron chi connectivity index (χ0n) is 15.7. The van der Waals surface area contributed by atoms with Crippen molar-refractivity contribution >= 4 is 22.8 Å². The Balaban J connectivity index is 1.85. The van der Waals surface area contributed by atoms with Gasteiger partial charge in [0, 0.05) is 11.8 Å². The molecule has 0 saturated heterocycles. The van der Waals surface area contributed by atoms with Crippen molar-refractivity contribution in [2.75, 3.05) is 7.11 Å². The first-order valence-corrected chi connectivity index (χ1v) is 8.79. The average Bonchev–Trinajstić information content (AvgIpc) is 2.68. The summed E-state index contributed by atoms with van der Waals surface area (Å²) in [7, 11) is 1.32. The molecule has 27 heavy (non-hydrogen) atoms. The first kappa shape index (κ1) is 18.6. The number of aryl methyl sites for hydroxylation is 2. The van der Waals surface area contributed by atoms with Crippen LogP contribution in [0.2, 0.25) is 0 Å². The fourth-order valence-corrected chi connectivity index (χ4v) is 3.14. The van der Waals surface area contributed by atoms with E-state index in [0.717, 1.165) is 27.6 Å². The maximum absolute atomic E-state index is 12.7. The van der Waals surface area contributed by atoms with Crippen molar-refractivity contribution in [3.05, 3.63) is 77.0 Å². The van der Waals surface area contributed by atoms with Crippen molar-refractivity contribution in [3.63, 3.8) is 0 Å². The van der Waals surface area contributed by atoms with Crippen LogP contribution in [-0.4, -0.2) is 30.0 Å². The fourth-order valence-electron chi connectivity index (χ4n) is 3.14. The number of rotatable bonds is 5. The van der Waals surface area contributed by atoms with E-state index < -0.39 is 17.9 Å². The van der Waals surface area contributed by atoms with Crippen LogP contribution in [0.4, 0.5) is 0 Å². The number of aromatic nitrogens is 1. The average molecular weight is 362 g/mol. The summed E-state index contributed by atoms with van der Waals surface area (Å²) >= 11 is 0. The molecule has 3 rings (SSSR count). The van der Waals surface area contributed by atoms with E-state index in [1.54, 1.807) is 6.07 Å². The summed E-state index contributed by atoms with van der Waals surface area (Å²) in [6, 6.07) is 16.2. The van der Waals surface area contributed by atoms with Gasteiger partial charge in [0.05, 0.1) is 12.6 Å². The maximum Gasteiger partial charge on any atom is 0.328 e. The van der Waals surface area contributed by atoms with Gasteiger partial charge in [-0.15, -0.1) is 0 Å². The van der Waals surface area contributed by atoms with E-state index in [1.807, 2.05) is 62.4 Å². The van der Waals surface area contributed by atoms with Crippen LogP contribution in [0.1, 0.15) is 27.2 Å². The number of nitrogens with zero attached hydrogens (tertiary/aromatic N) is 1. The van der Waals surface area contributed by atoms with Crippen LogP contribution in [-0.2, 0) is 16.0 Å². The molecule has 0 bridgehead atoms. The van der Waals surface area contributed by atoms with Gasteiger partial charge < -0.3 is 10.1 Å². The summed E-state index contributed by atoms with van der Waals surface area (Å²) in [5.74, 6) is -0.880. The van der Waals surface area contributed by atoms with E-state index in [2.05, 4.69) is 10.3 Å². The van der Waals surface area contributed by atoms with Gasteiger partial charge in [-0.25, -0.2) is 9.78 Å². The molecule has 1 N–H and O–H groups in total. The summed E-state index contributed by atoms with van der Waals surface area (Å²) < 4.78 is 4.90. The fraction of sp³-hybridized carbons (Fsp3) is 0.227. The minimum atomic E-state index is -0.782. The van der Waals surface area contributed by atoms with Gasteiger partial charge in [-0.05, 0) is 42.7 Å². The van der Waals surface area contributed by atoms with E-state index in [4.69, 9.17) is 4.74 Å². The molecule has 0 radical (unpaired) electrons. The Morgan fingerprint density at radius 2 is 1.70 bits per heavy atom. The highest BCUT2D eigenvalue weighted by Gasteiger charge is 2.24. The Labute approximate surface area is 158 Å². The molecule has 1 heterocycles. The predicted octanol–water partition coefficient (Wildman–Crippen LogP) is 3.37. The summed E-state index contributed by atoms with van der Waals surface area (Å²) in [5, 5.41) is 3.73. The van der Waals surface area contributed by atoms with Crippen LogP contribution in [0.5, 0.6) is 0 Å². The molecule has 5 nitrogen and oxygen atoms in total. The van der Waals surface area contributed by atoms with Crippen molar-refractivity contribution in [1.29, 1.82) is 0 Å². The number of hydrogen-bond donors (Lipinski definition) is 1. The molecule has 0 aliphatic carbocycles. The number of ether oxygens (including phenoxy) is 1. The molecule has 0 unspecified atom stereocenters. The van der Waals surface area contributed by atoms with Gasteiger partial charge in [-0.1, -0.05) is 42.5 Å². The lowest BCUT2D eigenvalue weighted by molar-refractivity contribution is -0.142. The molecular weight excluding hydrogens is 340 g/mol. The third-order valence-electron chi connectivity index (χ3n) is 4.67. The minimum absolute atomic E-state index is 0.268. The summed E-state index contributed by atoms with van der Waals surface area (Å²) in [4.78, 5) is 29.3. The molecule has 0 saturated carbocycles. The van der Waals surface area contributed by atoms with Crippen LogP contribution >= 0.6 is 0 Å². The Hall–Kier alpha value is -3.21. The highest BCUT2D eigenvalue weighted by Crippen LogP contribution is 2.17.